The number of likely N-dealkylation sites (N-methyl/N-ethyl adjacent to an activating group) is 1. The van der Waals surface area contributed by atoms with Gasteiger partial charge in [-0.15, -0.1) is 0 Å². The van der Waals surface area contributed by atoms with Crippen molar-refractivity contribution >= 4 is 27.7 Å². The van der Waals surface area contributed by atoms with E-state index in [0.717, 1.165) is 37.6 Å². The second kappa shape index (κ2) is 6.89. The van der Waals surface area contributed by atoms with Crippen LogP contribution in [0, 0.1) is 0 Å². The van der Waals surface area contributed by atoms with Crippen LogP contribution in [0.4, 0.5) is 0 Å². The first kappa shape index (κ1) is 13.5. The number of nitrogens with zero attached hydrogens (tertiary/aromatic N) is 1. The first-order valence-electron chi connectivity index (χ1n) is 5.77. The highest BCUT2D eigenvalue weighted by molar-refractivity contribution is 9.09. The molecule has 0 aromatic rings. The van der Waals surface area contributed by atoms with Crippen molar-refractivity contribution in [2.45, 2.75) is 38.1 Å². The molecule has 5 heteroatoms. The van der Waals surface area contributed by atoms with Crippen molar-refractivity contribution in [2.75, 3.05) is 18.9 Å². The van der Waals surface area contributed by atoms with E-state index in [1.807, 2.05) is 0 Å². The van der Waals surface area contributed by atoms with Crippen LogP contribution >= 0.6 is 15.9 Å². The summed E-state index contributed by atoms with van der Waals surface area (Å²) in [5.74, 6) is 0.0818. The number of rotatable bonds is 5. The molecule has 1 unspecified atom stereocenters. The largest absolute Gasteiger partial charge is 0.357 e. The van der Waals surface area contributed by atoms with Gasteiger partial charge in [0, 0.05) is 25.3 Å². The van der Waals surface area contributed by atoms with Crippen molar-refractivity contribution in [1.29, 1.82) is 0 Å². The van der Waals surface area contributed by atoms with E-state index in [4.69, 9.17) is 0 Å². The number of nitrogens with one attached hydrogen (secondary N) is 1. The molecule has 92 valence electrons. The fourth-order valence-corrected chi connectivity index (χ4v) is 2.42. The van der Waals surface area contributed by atoms with E-state index in [1.54, 1.807) is 11.9 Å². The summed E-state index contributed by atoms with van der Waals surface area (Å²) >= 11 is 3.34. The van der Waals surface area contributed by atoms with E-state index in [1.165, 1.54) is 0 Å². The highest BCUT2D eigenvalue weighted by Gasteiger charge is 2.32. The Bertz CT molecular complexity index is 258. The maximum atomic E-state index is 11.9. The molecule has 1 N–H and O–H groups in total. The van der Waals surface area contributed by atoms with E-state index in [-0.39, 0.29) is 17.9 Å². The zero-order chi connectivity index (χ0) is 12.0. The highest BCUT2D eigenvalue weighted by atomic mass is 79.9. The average molecular weight is 291 g/mol. The first-order valence-corrected chi connectivity index (χ1v) is 6.90. The smallest absolute Gasteiger partial charge is 0.242 e. The summed E-state index contributed by atoms with van der Waals surface area (Å²) < 4.78 is 0. The Morgan fingerprint density at radius 3 is 2.81 bits per heavy atom. The summed E-state index contributed by atoms with van der Waals surface area (Å²) in [6.45, 7) is 0.727. The van der Waals surface area contributed by atoms with Crippen LogP contribution in [-0.2, 0) is 9.59 Å². The molecule has 0 aromatic carbocycles. The number of halogens is 1. The Balaban J connectivity index is 2.44. The highest BCUT2D eigenvalue weighted by Crippen LogP contribution is 2.19. The molecule has 1 aliphatic heterocycles. The van der Waals surface area contributed by atoms with Crippen molar-refractivity contribution < 1.29 is 9.59 Å². The average Bonchev–Trinajstić information content (AvgIpc) is 2.77. The Hall–Kier alpha value is -0.580. The Labute approximate surface area is 105 Å². The Morgan fingerprint density at radius 2 is 2.19 bits per heavy atom. The SMILES string of the molecule is CNC(=O)C1CCCN1C(=O)CCCCBr. The van der Waals surface area contributed by atoms with E-state index in [2.05, 4.69) is 21.2 Å². The van der Waals surface area contributed by atoms with Gasteiger partial charge in [0.25, 0.3) is 0 Å². The molecule has 0 bridgehead atoms. The van der Waals surface area contributed by atoms with Gasteiger partial charge in [0.1, 0.15) is 6.04 Å². The molecule has 1 saturated heterocycles. The zero-order valence-corrected chi connectivity index (χ0v) is 11.3. The molecule has 1 rings (SSSR count). The maximum Gasteiger partial charge on any atom is 0.242 e. The number of carbonyl (C=O) groups excluding carboxylic acids is 2. The van der Waals surface area contributed by atoms with Gasteiger partial charge in [-0.1, -0.05) is 15.9 Å². The van der Waals surface area contributed by atoms with Gasteiger partial charge in [-0.2, -0.15) is 0 Å². The van der Waals surface area contributed by atoms with Crippen molar-refractivity contribution in [3.8, 4) is 0 Å². The van der Waals surface area contributed by atoms with Gasteiger partial charge in [0.2, 0.25) is 11.8 Å². The Morgan fingerprint density at radius 1 is 1.44 bits per heavy atom. The second-order valence-corrected chi connectivity index (χ2v) is 4.80. The number of amides is 2. The summed E-state index contributed by atoms with van der Waals surface area (Å²) in [5.41, 5.74) is 0. The number of carbonyl (C=O) groups is 2. The first-order chi connectivity index (χ1) is 7.70. The molecule has 1 heterocycles. The Kier molecular flexibility index (Phi) is 5.80. The molecule has 1 aliphatic rings. The van der Waals surface area contributed by atoms with Gasteiger partial charge in [0.05, 0.1) is 0 Å². The lowest BCUT2D eigenvalue weighted by Gasteiger charge is -2.23. The van der Waals surface area contributed by atoms with Crippen LogP contribution in [0.5, 0.6) is 0 Å². The summed E-state index contributed by atoms with van der Waals surface area (Å²) in [6.07, 6.45) is 4.18. The number of hydrogen-bond donors (Lipinski definition) is 1. The molecule has 0 saturated carbocycles. The van der Waals surface area contributed by atoms with Crippen molar-refractivity contribution in [2.24, 2.45) is 0 Å². The van der Waals surface area contributed by atoms with E-state index in [0.29, 0.717) is 6.42 Å². The van der Waals surface area contributed by atoms with Crippen LogP contribution in [-0.4, -0.2) is 41.7 Å². The van der Waals surface area contributed by atoms with Gasteiger partial charge < -0.3 is 10.2 Å². The van der Waals surface area contributed by atoms with Crippen molar-refractivity contribution in [1.82, 2.24) is 10.2 Å². The normalized spacial score (nSPS) is 19.9. The molecule has 1 atom stereocenters. The van der Waals surface area contributed by atoms with Crippen LogP contribution in [0.1, 0.15) is 32.1 Å². The van der Waals surface area contributed by atoms with E-state index < -0.39 is 0 Å². The molecular formula is C11H19BrN2O2. The minimum Gasteiger partial charge on any atom is -0.357 e. The number of hydrogen-bond acceptors (Lipinski definition) is 2. The molecule has 4 nitrogen and oxygen atoms in total. The van der Waals surface area contributed by atoms with Gasteiger partial charge in [-0.05, 0) is 25.7 Å². The van der Waals surface area contributed by atoms with Gasteiger partial charge in [0.15, 0.2) is 0 Å². The number of unbranched alkanes of at least 4 members (excludes halogenated alkanes) is 1. The van der Waals surface area contributed by atoms with E-state index in [9.17, 15) is 9.59 Å². The summed E-state index contributed by atoms with van der Waals surface area (Å²) in [6, 6.07) is -0.235. The molecule has 0 aliphatic carbocycles. The van der Waals surface area contributed by atoms with Crippen LogP contribution in [0.15, 0.2) is 0 Å². The van der Waals surface area contributed by atoms with Crippen LogP contribution in [0.3, 0.4) is 0 Å². The standard InChI is InChI=1S/C11H19BrN2O2/c1-13-11(16)9-5-4-8-14(9)10(15)6-2-3-7-12/h9H,2-8H2,1H3,(H,13,16). The topological polar surface area (TPSA) is 49.4 Å². The molecule has 16 heavy (non-hydrogen) atoms. The second-order valence-electron chi connectivity index (χ2n) is 4.01. The molecule has 0 spiro atoms. The fraction of sp³-hybridized carbons (Fsp3) is 0.818. The van der Waals surface area contributed by atoms with Crippen LogP contribution < -0.4 is 5.32 Å². The van der Waals surface area contributed by atoms with Gasteiger partial charge >= 0.3 is 0 Å². The molecule has 1 fully saturated rings. The van der Waals surface area contributed by atoms with Crippen molar-refractivity contribution in [3.63, 3.8) is 0 Å². The van der Waals surface area contributed by atoms with Crippen LogP contribution in [0.2, 0.25) is 0 Å². The van der Waals surface area contributed by atoms with Gasteiger partial charge in [-0.25, -0.2) is 0 Å². The summed E-state index contributed by atoms with van der Waals surface area (Å²) in [4.78, 5) is 25.2. The maximum absolute atomic E-state index is 11.9. The third kappa shape index (κ3) is 3.47. The predicted octanol–water partition coefficient (Wildman–Crippen LogP) is 1.29. The van der Waals surface area contributed by atoms with Gasteiger partial charge in [-0.3, -0.25) is 9.59 Å². The summed E-state index contributed by atoms with van der Waals surface area (Å²) in [7, 11) is 1.62. The minimum atomic E-state index is -0.235. The lowest BCUT2D eigenvalue weighted by Crippen LogP contribution is -2.44. The lowest BCUT2D eigenvalue weighted by atomic mass is 10.2. The predicted molar refractivity (Wildman–Crippen MR) is 66.4 cm³/mol. The third-order valence-corrected chi connectivity index (χ3v) is 3.46. The lowest BCUT2D eigenvalue weighted by molar-refractivity contribution is -0.138. The quantitative estimate of drug-likeness (QED) is 0.613. The number of alkyl halides is 1. The van der Waals surface area contributed by atoms with Crippen LogP contribution in [0.25, 0.3) is 0 Å². The van der Waals surface area contributed by atoms with Crippen molar-refractivity contribution in [3.05, 3.63) is 0 Å². The fourth-order valence-electron chi connectivity index (χ4n) is 2.02. The van der Waals surface area contributed by atoms with E-state index >= 15 is 0 Å². The monoisotopic (exact) mass is 290 g/mol. The minimum absolute atomic E-state index is 0.0358. The molecule has 0 radical (unpaired) electrons. The third-order valence-electron chi connectivity index (χ3n) is 2.90. The molecular weight excluding hydrogens is 272 g/mol. The zero-order valence-electron chi connectivity index (χ0n) is 9.67. The molecule has 0 aromatic heterocycles. The molecule has 2 amide bonds. The summed E-state index contributed by atoms with van der Waals surface area (Å²) in [5, 5.41) is 3.55. The number of likely N-dealkylation sites (tertiary alicyclic amines) is 1.